The first-order valence-electron chi connectivity index (χ1n) is 8.12. The zero-order chi connectivity index (χ0) is 20.0. The highest BCUT2D eigenvalue weighted by Crippen LogP contribution is 2.27. The minimum Gasteiger partial charge on any atom is -0.456 e. The lowest BCUT2D eigenvalue weighted by atomic mass is 9.93. The summed E-state index contributed by atoms with van der Waals surface area (Å²) < 4.78 is 44.9. The number of hydrogen-bond donors (Lipinski definition) is 2. The first-order chi connectivity index (χ1) is 12.8. The summed E-state index contributed by atoms with van der Waals surface area (Å²) in [5.41, 5.74) is 6.57. The van der Waals surface area contributed by atoms with E-state index in [9.17, 15) is 13.2 Å². The van der Waals surface area contributed by atoms with Crippen molar-refractivity contribution < 1.29 is 17.9 Å². The number of nitrogens with one attached hydrogen (secondary N) is 1. The highest BCUT2D eigenvalue weighted by Gasteiger charge is 2.27. The standard InChI is InChI=1S/C20H18ClF3N2O/c1-12(10-18(19(23)24)27-20(25)26)16-11-14(6-9-17(16)22)3-2-13-4-7-15(21)8-5-13/h4-9,11-12,18-19H,10H2,1H3,(H3,25,26)/t12-,18+/m1/s1. The summed E-state index contributed by atoms with van der Waals surface area (Å²) in [5, 5.41) is 7.61. The summed E-state index contributed by atoms with van der Waals surface area (Å²) in [4.78, 5) is 0. The first-order valence-corrected chi connectivity index (χ1v) is 8.50. The van der Waals surface area contributed by atoms with Crippen LogP contribution in [0.15, 0.2) is 42.5 Å². The Bertz CT molecular complexity index is 860. The first kappa shape index (κ1) is 20.7. The van der Waals surface area contributed by atoms with Crippen LogP contribution in [0.5, 0.6) is 0 Å². The fourth-order valence-electron chi connectivity index (χ4n) is 2.52. The highest BCUT2D eigenvalue weighted by atomic mass is 35.5. The third-order valence-electron chi connectivity index (χ3n) is 3.87. The Labute approximate surface area is 160 Å². The highest BCUT2D eigenvalue weighted by molar-refractivity contribution is 6.30. The average Bonchev–Trinajstić information content (AvgIpc) is 2.61. The summed E-state index contributed by atoms with van der Waals surface area (Å²) in [5.74, 6) is 4.76. The maximum Gasteiger partial charge on any atom is 0.279 e. The van der Waals surface area contributed by atoms with E-state index < -0.39 is 30.3 Å². The third-order valence-corrected chi connectivity index (χ3v) is 4.12. The quantitative estimate of drug-likeness (QED) is 0.430. The molecule has 0 heterocycles. The number of amidine groups is 1. The number of nitrogens with two attached hydrogens (primary N) is 1. The van der Waals surface area contributed by atoms with Crippen LogP contribution in [0.1, 0.15) is 36.0 Å². The van der Waals surface area contributed by atoms with Crippen molar-refractivity contribution >= 4 is 17.6 Å². The molecule has 0 radical (unpaired) electrons. The van der Waals surface area contributed by atoms with Crippen LogP contribution in [0.3, 0.4) is 0 Å². The Morgan fingerprint density at radius 3 is 2.33 bits per heavy atom. The zero-order valence-electron chi connectivity index (χ0n) is 14.5. The molecule has 0 spiro atoms. The molecule has 0 aromatic heterocycles. The van der Waals surface area contributed by atoms with Crippen LogP contribution in [-0.2, 0) is 4.74 Å². The van der Waals surface area contributed by atoms with E-state index in [-0.39, 0.29) is 12.0 Å². The predicted octanol–water partition coefficient (Wildman–Crippen LogP) is 4.92. The second-order valence-corrected chi connectivity index (χ2v) is 6.42. The molecule has 0 amide bonds. The number of benzene rings is 2. The van der Waals surface area contributed by atoms with Crippen molar-refractivity contribution in [2.24, 2.45) is 5.73 Å². The van der Waals surface area contributed by atoms with Gasteiger partial charge in [0.1, 0.15) is 5.82 Å². The Kier molecular flexibility index (Phi) is 7.14. The number of hydrogen-bond acceptors (Lipinski definition) is 2. The van der Waals surface area contributed by atoms with Gasteiger partial charge < -0.3 is 10.5 Å². The van der Waals surface area contributed by atoms with Crippen molar-refractivity contribution in [2.45, 2.75) is 31.8 Å². The molecule has 0 aliphatic rings. The van der Waals surface area contributed by atoms with Crippen molar-refractivity contribution in [3.8, 4) is 11.8 Å². The molecule has 0 aliphatic carbocycles. The summed E-state index contributed by atoms with van der Waals surface area (Å²) in [6.07, 6.45) is -4.62. The van der Waals surface area contributed by atoms with Gasteiger partial charge in [-0.2, -0.15) is 0 Å². The van der Waals surface area contributed by atoms with Gasteiger partial charge in [0.05, 0.1) is 0 Å². The van der Waals surface area contributed by atoms with Crippen LogP contribution >= 0.6 is 11.6 Å². The van der Waals surface area contributed by atoms with E-state index in [1.165, 1.54) is 18.2 Å². The molecular formula is C20H18ClF3N2O. The molecule has 0 fully saturated rings. The molecule has 2 atom stereocenters. The van der Waals surface area contributed by atoms with Gasteiger partial charge in [0.15, 0.2) is 6.10 Å². The Balaban J connectivity index is 2.21. The molecule has 2 aromatic carbocycles. The van der Waals surface area contributed by atoms with Gasteiger partial charge in [-0.25, -0.2) is 13.2 Å². The Morgan fingerprint density at radius 1 is 1.15 bits per heavy atom. The normalized spacial score (nSPS) is 12.8. The molecule has 0 bridgehead atoms. The summed E-state index contributed by atoms with van der Waals surface area (Å²) in [6.45, 7) is 1.60. The van der Waals surface area contributed by atoms with Gasteiger partial charge in [-0.05, 0) is 60.4 Å². The molecule has 2 aromatic rings. The van der Waals surface area contributed by atoms with E-state index in [4.69, 9.17) is 22.7 Å². The summed E-state index contributed by atoms with van der Waals surface area (Å²) in [7, 11) is 0. The van der Waals surface area contributed by atoms with E-state index in [0.717, 1.165) is 5.56 Å². The number of alkyl halides is 2. The summed E-state index contributed by atoms with van der Waals surface area (Å²) >= 11 is 5.82. The predicted molar refractivity (Wildman–Crippen MR) is 99.7 cm³/mol. The van der Waals surface area contributed by atoms with Crippen LogP contribution in [0.4, 0.5) is 13.2 Å². The Hall–Kier alpha value is -2.65. The van der Waals surface area contributed by atoms with Gasteiger partial charge in [0.2, 0.25) is 0 Å². The van der Waals surface area contributed by atoms with Gasteiger partial charge in [-0.1, -0.05) is 30.4 Å². The SMILES string of the molecule is C[C@H](C[C@H](OC(=N)N)C(F)F)c1cc(C#Cc2ccc(Cl)cc2)ccc1F. The van der Waals surface area contributed by atoms with Gasteiger partial charge in [0.25, 0.3) is 12.4 Å². The van der Waals surface area contributed by atoms with Crippen molar-refractivity contribution in [3.63, 3.8) is 0 Å². The molecule has 3 nitrogen and oxygen atoms in total. The molecule has 2 rings (SSSR count). The minimum atomic E-state index is -2.84. The largest absolute Gasteiger partial charge is 0.456 e. The average molecular weight is 395 g/mol. The van der Waals surface area contributed by atoms with E-state index in [1.807, 2.05) is 0 Å². The lowest BCUT2D eigenvalue weighted by Gasteiger charge is -2.21. The van der Waals surface area contributed by atoms with Gasteiger partial charge in [-0.3, -0.25) is 5.41 Å². The molecule has 7 heteroatoms. The minimum absolute atomic E-state index is 0.192. The van der Waals surface area contributed by atoms with Crippen molar-refractivity contribution in [1.29, 1.82) is 5.41 Å². The summed E-state index contributed by atoms with van der Waals surface area (Å²) in [6, 6.07) is 10.4. The van der Waals surface area contributed by atoms with Crippen molar-refractivity contribution in [2.75, 3.05) is 0 Å². The fraction of sp³-hybridized carbons (Fsp3) is 0.250. The fourth-order valence-corrected chi connectivity index (χ4v) is 2.64. The molecular weight excluding hydrogens is 377 g/mol. The van der Waals surface area contributed by atoms with Crippen molar-refractivity contribution in [1.82, 2.24) is 0 Å². The van der Waals surface area contributed by atoms with Crippen LogP contribution in [0, 0.1) is 23.1 Å². The molecule has 0 saturated carbocycles. The molecule has 0 aliphatic heterocycles. The second-order valence-electron chi connectivity index (χ2n) is 5.98. The third kappa shape index (κ3) is 6.22. The van der Waals surface area contributed by atoms with E-state index in [1.54, 1.807) is 31.2 Å². The van der Waals surface area contributed by atoms with Crippen LogP contribution in [0.2, 0.25) is 5.02 Å². The van der Waals surface area contributed by atoms with Gasteiger partial charge in [-0.15, -0.1) is 0 Å². The monoisotopic (exact) mass is 394 g/mol. The topological polar surface area (TPSA) is 59.1 Å². The van der Waals surface area contributed by atoms with E-state index in [2.05, 4.69) is 16.6 Å². The molecule has 0 unspecified atom stereocenters. The number of rotatable bonds is 5. The number of halogens is 4. The van der Waals surface area contributed by atoms with Gasteiger partial charge >= 0.3 is 0 Å². The van der Waals surface area contributed by atoms with Crippen LogP contribution in [-0.4, -0.2) is 18.6 Å². The maximum atomic E-state index is 14.2. The van der Waals surface area contributed by atoms with E-state index in [0.29, 0.717) is 10.6 Å². The maximum absolute atomic E-state index is 14.2. The van der Waals surface area contributed by atoms with Crippen molar-refractivity contribution in [3.05, 3.63) is 70.0 Å². The smallest absolute Gasteiger partial charge is 0.279 e. The van der Waals surface area contributed by atoms with Crippen LogP contribution in [0.25, 0.3) is 0 Å². The zero-order valence-corrected chi connectivity index (χ0v) is 15.2. The number of ether oxygens (including phenoxy) is 1. The van der Waals surface area contributed by atoms with Gasteiger partial charge in [0, 0.05) is 16.1 Å². The molecule has 142 valence electrons. The van der Waals surface area contributed by atoms with Crippen LogP contribution < -0.4 is 5.73 Å². The lowest BCUT2D eigenvalue weighted by molar-refractivity contribution is -0.00484. The van der Waals surface area contributed by atoms with E-state index >= 15 is 0 Å². The molecule has 3 N–H and O–H groups in total. The molecule has 27 heavy (non-hydrogen) atoms. The molecule has 0 saturated heterocycles. The Morgan fingerprint density at radius 2 is 1.74 bits per heavy atom. The second kappa shape index (κ2) is 9.33. The lowest BCUT2D eigenvalue weighted by Crippen LogP contribution is -2.30.